The summed E-state index contributed by atoms with van der Waals surface area (Å²) in [7, 11) is 1.64. The van der Waals surface area contributed by atoms with Crippen LogP contribution in [0.15, 0.2) is 36.4 Å². The summed E-state index contributed by atoms with van der Waals surface area (Å²) in [5.74, 6) is 0.651. The Balaban J connectivity index is 1.64. The van der Waals surface area contributed by atoms with E-state index < -0.39 is 0 Å². The first kappa shape index (κ1) is 22.3. The molecule has 1 N–H and O–H groups in total. The molecule has 0 unspecified atom stereocenters. The van der Waals surface area contributed by atoms with Gasteiger partial charge in [0.2, 0.25) is 0 Å². The van der Waals surface area contributed by atoms with Crippen LogP contribution in [0.4, 0.5) is 0 Å². The molecule has 1 fully saturated rings. The minimum atomic E-state index is -0.143. The van der Waals surface area contributed by atoms with Gasteiger partial charge in [-0.2, -0.15) is 5.10 Å². The average Bonchev–Trinajstić information content (AvgIpc) is 3.24. The van der Waals surface area contributed by atoms with Gasteiger partial charge in [-0.05, 0) is 56.3 Å². The Morgan fingerprint density at radius 2 is 1.81 bits per heavy atom. The van der Waals surface area contributed by atoms with Crippen LogP contribution in [0.1, 0.15) is 56.2 Å². The second-order valence-electron chi connectivity index (χ2n) is 9.46. The number of rotatable bonds is 6. The summed E-state index contributed by atoms with van der Waals surface area (Å²) in [6.07, 6.45) is 3.79. The van der Waals surface area contributed by atoms with Gasteiger partial charge in [-0.1, -0.05) is 27.2 Å². The van der Waals surface area contributed by atoms with E-state index in [-0.39, 0.29) is 11.3 Å². The topological polar surface area (TPSA) is 71.8 Å². The molecule has 170 valence electrons. The number of fused-ring (bicyclic) bond motifs is 1. The lowest BCUT2D eigenvalue weighted by Gasteiger charge is -2.26. The second kappa shape index (κ2) is 9.28. The van der Waals surface area contributed by atoms with Crippen LogP contribution in [0.3, 0.4) is 0 Å². The van der Waals surface area contributed by atoms with E-state index in [9.17, 15) is 4.79 Å². The lowest BCUT2D eigenvalue weighted by atomic mass is 9.93. The van der Waals surface area contributed by atoms with Crippen molar-refractivity contribution in [1.29, 1.82) is 0 Å². The predicted molar refractivity (Wildman–Crippen MR) is 126 cm³/mol. The molecule has 3 heterocycles. The number of amides is 1. The zero-order valence-electron chi connectivity index (χ0n) is 19.5. The summed E-state index contributed by atoms with van der Waals surface area (Å²) in [5, 5.41) is 7.82. The third kappa shape index (κ3) is 4.93. The molecule has 0 saturated carbocycles. The molecule has 4 rings (SSSR count). The van der Waals surface area contributed by atoms with E-state index in [4.69, 9.17) is 14.8 Å². The molecule has 0 spiro atoms. The van der Waals surface area contributed by atoms with Crippen molar-refractivity contribution < 1.29 is 9.53 Å². The van der Waals surface area contributed by atoms with E-state index in [1.165, 1.54) is 19.3 Å². The Morgan fingerprint density at radius 3 is 2.47 bits per heavy atom. The van der Waals surface area contributed by atoms with Crippen LogP contribution < -0.4 is 10.1 Å². The maximum Gasteiger partial charge on any atom is 0.270 e. The molecule has 0 atom stereocenters. The second-order valence-corrected chi connectivity index (χ2v) is 9.46. The van der Waals surface area contributed by atoms with Gasteiger partial charge < -0.3 is 15.0 Å². The smallest absolute Gasteiger partial charge is 0.270 e. The summed E-state index contributed by atoms with van der Waals surface area (Å²) < 4.78 is 6.94. The minimum absolute atomic E-state index is 0.132. The third-order valence-corrected chi connectivity index (χ3v) is 5.98. The van der Waals surface area contributed by atoms with Crippen molar-refractivity contribution >= 4 is 11.6 Å². The van der Waals surface area contributed by atoms with E-state index in [0.717, 1.165) is 42.3 Å². The number of carbonyl (C=O) groups excluding carboxylic acids is 1. The first-order valence-corrected chi connectivity index (χ1v) is 11.4. The van der Waals surface area contributed by atoms with Gasteiger partial charge in [0, 0.05) is 30.1 Å². The quantitative estimate of drug-likeness (QED) is 0.635. The van der Waals surface area contributed by atoms with Gasteiger partial charge in [0.05, 0.1) is 18.5 Å². The van der Waals surface area contributed by atoms with Crippen LogP contribution in [0.25, 0.3) is 16.9 Å². The molecule has 0 bridgehead atoms. The van der Waals surface area contributed by atoms with E-state index >= 15 is 0 Å². The number of benzene rings is 1. The van der Waals surface area contributed by atoms with Crippen molar-refractivity contribution in [2.75, 3.05) is 33.3 Å². The summed E-state index contributed by atoms with van der Waals surface area (Å²) >= 11 is 0. The number of ether oxygens (including phenoxy) is 1. The van der Waals surface area contributed by atoms with Crippen molar-refractivity contribution in [3.8, 4) is 17.0 Å². The fourth-order valence-corrected chi connectivity index (χ4v) is 4.01. The maximum absolute atomic E-state index is 13.2. The molecular formula is C25H33N5O2. The monoisotopic (exact) mass is 435 g/mol. The lowest BCUT2D eigenvalue weighted by molar-refractivity contribution is 0.0939. The van der Waals surface area contributed by atoms with Gasteiger partial charge in [0.25, 0.3) is 5.91 Å². The van der Waals surface area contributed by atoms with Gasteiger partial charge in [-0.15, -0.1) is 0 Å². The molecule has 32 heavy (non-hydrogen) atoms. The number of nitrogens with zero attached hydrogens (tertiary/aromatic N) is 4. The fraction of sp³-hybridized carbons (Fsp3) is 0.480. The Hall–Kier alpha value is -2.93. The summed E-state index contributed by atoms with van der Waals surface area (Å²) in [6.45, 7) is 10.0. The van der Waals surface area contributed by atoms with E-state index in [1.54, 1.807) is 11.6 Å². The number of piperidine rings is 1. The van der Waals surface area contributed by atoms with Gasteiger partial charge >= 0.3 is 0 Å². The molecule has 1 saturated heterocycles. The zero-order chi connectivity index (χ0) is 22.7. The van der Waals surface area contributed by atoms with Crippen molar-refractivity contribution in [3.05, 3.63) is 47.8 Å². The Bertz CT molecular complexity index is 1080. The first-order chi connectivity index (χ1) is 15.3. The Morgan fingerprint density at radius 1 is 1.09 bits per heavy atom. The lowest BCUT2D eigenvalue weighted by Crippen LogP contribution is -2.38. The van der Waals surface area contributed by atoms with Crippen LogP contribution in [-0.4, -0.2) is 58.7 Å². The highest BCUT2D eigenvalue weighted by Gasteiger charge is 2.22. The van der Waals surface area contributed by atoms with Gasteiger partial charge in [-0.25, -0.2) is 9.50 Å². The van der Waals surface area contributed by atoms with Gasteiger partial charge in [-0.3, -0.25) is 4.79 Å². The molecule has 1 amide bonds. The summed E-state index contributed by atoms with van der Waals surface area (Å²) in [5.41, 5.74) is 3.59. The van der Waals surface area contributed by atoms with E-state index in [0.29, 0.717) is 17.9 Å². The number of methoxy groups -OCH3 is 1. The number of likely N-dealkylation sites (tertiary alicyclic amines) is 1. The highest BCUT2D eigenvalue weighted by molar-refractivity contribution is 5.94. The van der Waals surface area contributed by atoms with Crippen molar-refractivity contribution in [1.82, 2.24) is 24.8 Å². The Kier molecular flexibility index (Phi) is 6.46. The molecule has 2 aromatic heterocycles. The third-order valence-electron chi connectivity index (χ3n) is 5.98. The predicted octanol–water partition coefficient (Wildman–Crippen LogP) is 3.92. The summed E-state index contributed by atoms with van der Waals surface area (Å²) in [6, 6.07) is 11.5. The van der Waals surface area contributed by atoms with Gasteiger partial charge in [0.1, 0.15) is 11.4 Å². The van der Waals surface area contributed by atoms with Crippen LogP contribution >= 0.6 is 0 Å². The molecule has 3 aromatic rings. The summed E-state index contributed by atoms with van der Waals surface area (Å²) in [4.78, 5) is 20.4. The van der Waals surface area contributed by atoms with Crippen molar-refractivity contribution in [2.45, 2.75) is 45.4 Å². The maximum atomic E-state index is 13.2. The standard InChI is InChI=1S/C25H33N5O2/c1-25(2,3)22-17-23-27-20(18-8-10-19(32-4)11-9-18)16-21(30(23)28-22)24(31)26-12-15-29-13-6-5-7-14-29/h8-11,16-17H,5-7,12-15H2,1-4H3,(H,26,31). The zero-order valence-corrected chi connectivity index (χ0v) is 19.5. The molecule has 1 aliphatic heterocycles. The van der Waals surface area contributed by atoms with Crippen LogP contribution in [0.5, 0.6) is 5.75 Å². The van der Waals surface area contributed by atoms with Crippen LogP contribution in [0, 0.1) is 0 Å². The molecule has 7 heteroatoms. The average molecular weight is 436 g/mol. The number of hydrogen-bond donors (Lipinski definition) is 1. The van der Waals surface area contributed by atoms with E-state index in [2.05, 4.69) is 31.0 Å². The number of carbonyl (C=O) groups is 1. The number of hydrogen-bond acceptors (Lipinski definition) is 5. The normalized spacial score (nSPS) is 15.1. The molecule has 0 aliphatic carbocycles. The van der Waals surface area contributed by atoms with Crippen molar-refractivity contribution in [2.24, 2.45) is 0 Å². The van der Waals surface area contributed by atoms with Crippen LogP contribution in [0.2, 0.25) is 0 Å². The first-order valence-electron chi connectivity index (χ1n) is 11.4. The van der Waals surface area contributed by atoms with Crippen LogP contribution in [-0.2, 0) is 5.41 Å². The molecular weight excluding hydrogens is 402 g/mol. The minimum Gasteiger partial charge on any atom is -0.497 e. The largest absolute Gasteiger partial charge is 0.497 e. The fourth-order valence-electron chi connectivity index (χ4n) is 4.01. The molecule has 7 nitrogen and oxygen atoms in total. The van der Waals surface area contributed by atoms with E-state index in [1.807, 2.05) is 36.4 Å². The highest BCUT2D eigenvalue weighted by Crippen LogP contribution is 2.26. The molecule has 1 aromatic carbocycles. The number of nitrogens with one attached hydrogen (secondary N) is 1. The van der Waals surface area contributed by atoms with Crippen molar-refractivity contribution in [3.63, 3.8) is 0 Å². The SMILES string of the molecule is COc1ccc(-c2cc(C(=O)NCCN3CCCCC3)n3nc(C(C)(C)C)cc3n2)cc1. The van der Waals surface area contributed by atoms with Gasteiger partial charge in [0.15, 0.2) is 5.65 Å². The Labute approximate surface area is 189 Å². The highest BCUT2D eigenvalue weighted by atomic mass is 16.5. The number of aromatic nitrogens is 3. The molecule has 1 aliphatic rings. The molecule has 0 radical (unpaired) electrons.